The summed E-state index contributed by atoms with van der Waals surface area (Å²) in [5, 5.41) is 5.33. The molecule has 19 heavy (non-hydrogen) atoms. The molecule has 3 rings (SSSR count). The first kappa shape index (κ1) is 12.0. The predicted molar refractivity (Wildman–Crippen MR) is 78.3 cm³/mol. The lowest BCUT2D eigenvalue weighted by Crippen LogP contribution is -2.03. The SMILES string of the molecule is Cc1cc(C)c(-n2ncc3c(=S)nc[nH]c32)c(C)c1. The van der Waals surface area contributed by atoms with Crippen molar-refractivity contribution in [3.63, 3.8) is 0 Å². The normalized spacial score (nSPS) is 11.1. The van der Waals surface area contributed by atoms with Crippen molar-refractivity contribution >= 4 is 23.3 Å². The fraction of sp³-hybridized carbons (Fsp3) is 0.214. The van der Waals surface area contributed by atoms with Crippen LogP contribution in [0.4, 0.5) is 0 Å². The Kier molecular flexibility index (Phi) is 2.71. The minimum Gasteiger partial charge on any atom is -0.330 e. The molecule has 3 aromatic rings. The number of H-pyrrole nitrogens is 1. The van der Waals surface area contributed by atoms with E-state index in [-0.39, 0.29) is 0 Å². The van der Waals surface area contributed by atoms with Gasteiger partial charge in [-0.25, -0.2) is 9.67 Å². The first-order valence-electron chi connectivity index (χ1n) is 6.07. The van der Waals surface area contributed by atoms with Gasteiger partial charge in [0.1, 0.15) is 10.3 Å². The van der Waals surface area contributed by atoms with Crippen molar-refractivity contribution in [1.29, 1.82) is 0 Å². The molecule has 0 spiro atoms. The number of hydrogen-bond donors (Lipinski definition) is 1. The van der Waals surface area contributed by atoms with Gasteiger partial charge in [0.05, 0.1) is 23.6 Å². The molecule has 1 aromatic carbocycles. The molecule has 0 amide bonds. The maximum Gasteiger partial charge on any atom is 0.145 e. The van der Waals surface area contributed by atoms with Crippen LogP contribution >= 0.6 is 12.2 Å². The van der Waals surface area contributed by atoms with Crippen LogP contribution in [0.25, 0.3) is 16.7 Å². The van der Waals surface area contributed by atoms with Gasteiger partial charge in [-0.1, -0.05) is 29.9 Å². The highest BCUT2D eigenvalue weighted by atomic mass is 32.1. The lowest BCUT2D eigenvalue weighted by molar-refractivity contribution is 0.878. The van der Waals surface area contributed by atoms with Gasteiger partial charge in [-0.2, -0.15) is 5.10 Å². The smallest absolute Gasteiger partial charge is 0.145 e. The van der Waals surface area contributed by atoms with E-state index in [2.05, 4.69) is 48.0 Å². The van der Waals surface area contributed by atoms with Crippen LogP contribution in [0.2, 0.25) is 0 Å². The molecule has 0 saturated carbocycles. The summed E-state index contributed by atoms with van der Waals surface area (Å²) in [4.78, 5) is 7.21. The third-order valence-electron chi connectivity index (χ3n) is 3.23. The van der Waals surface area contributed by atoms with Gasteiger partial charge < -0.3 is 4.98 Å². The van der Waals surface area contributed by atoms with Crippen LogP contribution in [0, 0.1) is 25.4 Å². The first-order chi connectivity index (χ1) is 9.08. The van der Waals surface area contributed by atoms with Gasteiger partial charge in [-0.05, 0) is 31.9 Å². The van der Waals surface area contributed by atoms with E-state index in [1.165, 1.54) is 16.7 Å². The average Bonchev–Trinajstić information content (AvgIpc) is 2.73. The van der Waals surface area contributed by atoms with Crippen LogP contribution in [0.15, 0.2) is 24.7 Å². The molecule has 0 aliphatic rings. The van der Waals surface area contributed by atoms with E-state index < -0.39 is 0 Å². The van der Waals surface area contributed by atoms with E-state index in [0.717, 1.165) is 16.7 Å². The monoisotopic (exact) mass is 270 g/mol. The van der Waals surface area contributed by atoms with Crippen molar-refractivity contribution in [2.24, 2.45) is 0 Å². The Morgan fingerprint density at radius 2 is 1.84 bits per heavy atom. The second-order valence-corrected chi connectivity index (χ2v) is 5.16. The fourth-order valence-corrected chi connectivity index (χ4v) is 2.74. The predicted octanol–water partition coefficient (Wildman–Crippen LogP) is 3.40. The molecule has 96 valence electrons. The molecule has 0 radical (unpaired) electrons. The summed E-state index contributed by atoms with van der Waals surface area (Å²) >= 11 is 5.22. The number of nitrogens with zero attached hydrogens (tertiary/aromatic N) is 3. The van der Waals surface area contributed by atoms with Crippen molar-refractivity contribution in [2.75, 3.05) is 0 Å². The van der Waals surface area contributed by atoms with Crippen molar-refractivity contribution < 1.29 is 0 Å². The Bertz CT molecular complexity index is 806. The van der Waals surface area contributed by atoms with Gasteiger partial charge in [0.15, 0.2) is 0 Å². The number of benzene rings is 1. The fourth-order valence-electron chi connectivity index (χ4n) is 2.54. The second-order valence-electron chi connectivity index (χ2n) is 4.77. The van der Waals surface area contributed by atoms with Crippen LogP contribution in [-0.2, 0) is 0 Å². The Labute approximate surface area is 116 Å². The molecule has 0 aliphatic heterocycles. The van der Waals surface area contributed by atoms with Gasteiger partial charge in [0.2, 0.25) is 0 Å². The number of fused-ring (bicyclic) bond motifs is 1. The number of hydrogen-bond acceptors (Lipinski definition) is 3. The molecule has 0 unspecified atom stereocenters. The molecule has 4 nitrogen and oxygen atoms in total. The Hall–Kier alpha value is -2.01. The van der Waals surface area contributed by atoms with Crippen LogP contribution in [0.3, 0.4) is 0 Å². The molecule has 0 saturated heterocycles. The van der Waals surface area contributed by atoms with Gasteiger partial charge in [0, 0.05) is 0 Å². The summed E-state index contributed by atoms with van der Waals surface area (Å²) in [6.45, 7) is 6.29. The summed E-state index contributed by atoms with van der Waals surface area (Å²) in [5.74, 6) is 0. The van der Waals surface area contributed by atoms with E-state index >= 15 is 0 Å². The summed E-state index contributed by atoms with van der Waals surface area (Å²) in [6, 6.07) is 4.32. The summed E-state index contributed by atoms with van der Waals surface area (Å²) in [6.07, 6.45) is 3.38. The van der Waals surface area contributed by atoms with E-state index in [1.54, 1.807) is 12.5 Å². The van der Waals surface area contributed by atoms with Crippen LogP contribution < -0.4 is 0 Å². The van der Waals surface area contributed by atoms with E-state index in [9.17, 15) is 0 Å². The summed E-state index contributed by atoms with van der Waals surface area (Å²) in [5.41, 5.74) is 5.62. The quantitative estimate of drug-likeness (QED) is 0.689. The minimum atomic E-state index is 0.572. The topological polar surface area (TPSA) is 46.5 Å². The molecular formula is C14H14N4S. The molecule has 1 N–H and O–H groups in total. The van der Waals surface area contributed by atoms with Crippen LogP contribution in [-0.4, -0.2) is 19.7 Å². The lowest BCUT2D eigenvalue weighted by Gasteiger charge is -2.12. The zero-order valence-corrected chi connectivity index (χ0v) is 11.9. The molecule has 0 bridgehead atoms. The molecule has 2 heterocycles. The van der Waals surface area contributed by atoms with E-state index in [0.29, 0.717) is 4.64 Å². The van der Waals surface area contributed by atoms with Crippen molar-refractivity contribution in [1.82, 2.24) is 19.7 Å². The standard InChI is InChI=1S/C14H14N4S/c1-8-4-9(2)12(10(3)5-8)18-13-11(6-17-18)14(19)16-7-15-13/h4-7H,1-3H3,(H,15,16,19). The van der Waals surface area contributed by atoms with Crippen molar-refractivity contribution in [3.05, 3.63) is 46.0 Å². The minimum absolute atomic E-state index is 0.572. The molecular weight excluding hydrogens is 256 g/mol. The number of aromatic nitrogens is 4. The number of nitrogens with one attached hydrogen (secondary N) is 1. The molecule has 5 heteroatoms. The van der Waals surface area contributed by atoms with Crippen LogP contribution in [0.5, 0.6) is 0 Å². The third-order valence-corrected chi connectivity index (χ3v) is 3.56. The van der Waals surface area contributed by atoms with Gasteiger partial charge in [-0.15, -0.1) is 0 Å². The Morgan fingerprint density at radius 3 is 2.53 bits per heavy atom. The lowest BCUT2D eigenvalue weighted by atomic mass is 10.1. The highest BCUT2D eigenvalue weighted by Crippen LogP contribution is 2.23. The number of rotatable bonds is 1. The highest BCUT2D eigenvalue weighted by molar-refractivity contribution is 7.71. The third kappa shape index (κ3) is 1.86. The molecule has 0 fully saturated rings. The molecule has 0 aliphatic carbocycles. The maximum atomic E-state index is 5.22. The van der Waals surface area contributed by atoms with Crippen molar-refractivity contribution in [3.8, 4) is 5.69 Å². The zero-order chi connectivity index (χ0) is 13.6. The maximum absolute atomic E-state index is 5.22. The molecule has 0 atom stereocenters. The van der Waals surface area contributed by atoms with Crippen molar-refractivity contribution in [2.45, 2.75) is 20.8 Å². The molecule has 2 aromatic heterocycles. The zero-order valence-electron chi connectivity index (χ0n) is 11.1. The first-order valence-corrected chi connectivity index (χ1v) is 6.48. The second kappa shape index (κ2) is 4.28. The number of aromatic amines is 1. The number of aryl methyl sites for hydroxylation is 3. The Balaban J connectivity index is 2.38. The largest absolute Gasteiger partial charge is 0.330 e. The van der Waals surface area contributed by atoms with Crippen LogP contribution in [0.1, 0.15) is 16.7 Å². The van der Waals surface area contributed by atoms with Gasteiger partial charge >= 0.3 is 0 Å². The van der Waals surface area contributed by atoms with Gasteiger partial charge in [-0.3, -0.25) is 0 Å². The highest BCUT2D eigenvalue weighted by Gasteiger charge is 2.11. The summed E-state index contributed by atoms with van der Waals surface area (Å²) < 4.78 is 2.47. The van der Waals surface area contributed by atoms with Gasteiger partial charge in [0.25, 0.3) is 0 Å². The summed E-state index contributed by atoms with van der Waals surface area (Å²) in [7, 11) is 0. The Morgan fingerprint density at radius 1 is 1.16 bits per heavy atom. The average molecular weight is 270 g/mol. The van der Waals surface area contributed by atoms with E-state index in [4.69, 9.17) is 12.2 Å². The van der Waals surface area contributed by atoms with E-state index in [1.807, 2.05) is 4.68 Å².